The van der Waals surface area contributed by atoms with Crippen LogP contribution in [0.25, 0.3) is 11.1 Å². The van der Waals surface area contributed by atoms with Gasteiger partial charge in [-0.3, -0.25) is 4.79 Å². The quantitative estimate of drug-likeness (QED) is 0.579. The summed E-state index contributed by atoms with van der Waals surface area (Å²) in [7, 11) is 1.62. The lowest BCUT2D eigenvalue weighted by Gasteiger charge is -2.29. The van der Waals surface area contributed by atoms with Crippen LogP contribution in [0.2, 0.25) is 5.02 Å². The summed E-state index contributed by atoms with van der Waals surface area (Å²) in [5.74, 6) is -0.565. The molecule has 4 rings (SSSR count). The van der Waals surface area contributed by atoms with Crippen molar-refractivity contribution >= 4 is 23.5 Å². The molecule has 5 nitrogen and oxygen atoms in total. The van der Waals surface area contributed by atoms with Gasteiger partial charge in [0.1, 0.15) is 11.8 Å². The fraction of sp³-hybridized carbons (Fsp3) is 0.200. The largest absolute Gasteiger partial charge is 0.497 e. The van der Waals surface area contributed by atoms with E-state index in [0.29, 0.717) is 23.4 Å². The molecule has 3 aromatic rings. The summed E-state index contributed by atoms with van der Waals surface area (Å²) >= 11 is 6.37. The number of carboxylic acids is 1. The van der Waals surface area contributed by atoms with Crippen molar-refractivity contribution in [1.29, 1.82) is 0 Å². The summed E-state index contributed by atoms with van der Waals surface area (Å²) in [6.07, 6.45) is 0.938. The van der Waals surface area contributed by atoms with Crippen LogP contribution in [0.3, 0.4) is 0 Å². The lowest BCUT2D eigenvalue weighted by atomic mass is 10.0. The molecule has 1 amide bonds. The van der Waals surface area contributed by atoms with E-state index in [1.54, 1.807) is 25.3 Å². The van der Waals surface area contributed by atoms with E-state index in [9.17, 15) is 14.7 Å². The maximum atomic E-state index is 13.4. The highest BCUT2D eigenvalue weighted by Crippen LogP contribution is 2.40. The SMILES string of the molecule is COc1cccc(-c2ccc(C(=O)N3[C@@H](c4ccccc4Cl)CC[C@H]3C(=O)O)cc2)c1. The second-order valence-corrected chi connectivity index (χ2v) is 7.90. The van der Waals surface area contributed by atoms with Crippen molar-refractivity contribution in [2.24, 2.45) is 0 Å². The number of likely N-dealkylation sites (tertiary alicyclic amines) is 1. The Morgan fingerprint density at radius 3 is 2.39 bits per heavy atom. The Morgan fingerprint density at radius 2 is 1.71 bits per heavy atom. The molecule has 0 saturated carbocycles. The molecule has 1 aliphatic heterocycles. The first-order valence-electron chi connectivity index (χ1n) is 10.0. The zero-order valence-electron chi connectivity index (χ0n) is 17.0. The third-order valence-electron chi connectivity index (χ3n) is 5.70. The van der Waals surface area contributed by atoms with E-state index in [1.807, 2.05) is 54.6 Å². The van der Waals surface area contributed by atoms with Crippen LogP contribution in [-0.4, -0.2) is 35.0 Å². The number of hydrogen-bond donors (Lipinski definition) is 1. The molecule has 158 valence electrons. The summed E-state index contributed by atoms with van der Waals surface area (Å²) in [6.45, 7) is 0. The fourth-order valence-corrected chi connectivity index (χ4v) is 4.41. The van der Waals surface area contributed by atoms with Crippen molar-refractivity contribution in [2.45, 2.75) is 24.9 Å². The smallest absolute Gasteiger partial charge is 0.326 e. The maximum absolute atomic E-state index is 13.4. The van der Waals surface area contributed by atoms with Gasteiger partial charge in [0.15, 0.2) is 0 Å². The van der Waals surface area contributed by atoms with Gasteiger partial charge in [-0.05, 0) is 59.9 Å². The highest BCUT2D eigenvalue weighted by atomic mass is 35.5. The first-order valence-corrected chi connectivity index (χ1v) is 10.4. The molecular formula is C25H22ClNO4. The van der Waals surface area contributed by atoms with Crippen molar-refractivity contribution in [3.8, 4) is 16.9 Å². The van der Waals surface area contributed by atoms with Gasteiger partial charge in [0.25, 0.3) is 5.91 Å². The molecule has 0 aliphatic carbocycles. The minimum absolute atomic E-state index is 0.313. The van der Waals surface area contributed by atoms with E-state index in [4.69, 9.17) is 16.3 Å². The van der Waals surface area contributed by atoms with Gasteiger partial charge in [0, 0.05) is 10.6 Å². The van der Waals surface area contributed by atoms with Gasteiger partial charge >= 0.3 is 5.97 Å². The molecule has 1 fully saturated rings. The second-order valence-electron chi connectivity index (χ2n) is 7.49. The van der Waals surface area contributed by atoms with Gasteiger partial charge in [0.2, 0.25) is 0 Å². The molecule has 6 heteroatoms. The van der Waals surface area contributed by atoms with E-state index in [0.717, 1.165) is 22.4 Å². The number of amides is 1. The number of carbonyl (C=O) groups is 2. The highest BCUT2D eigenvalue weighted by Gasteiger charge is 2.42. The number of ether oxygens (including phenoxy) is 1. The third kappa shape index (κ3) is 4.14. The average Bonchev–Trinajstić information content (AvgIpc) is 3.24. The summed E-state index contributed by atoms with van der Waals surface area (Å²) < 4.78 is 5.28. The van der Waals surface area contributed by atoms with E-state index in [2.05, 4.69) is 0 Å². The molecule has 31 heavy (non-hydrogen) atoms. The van der Waals surface area contributed by atoms with Crippen molar-refractivity contribution in [2.75, 3.05) is 7.11 Å². The standard InChI is InChI=1S/C25H22ClNO4/c1-31-19-6-4-5-18(15-19)16-9-11-17(12-10-16)24(28)27-22(13-14-23(27)25(29)30)20-7-2-3-8-21(20)26/h2-12,15,22-23H,13-14H2,1H3,(H,29,30)/t22-,23+/m1/s1. The van der Waals surface area contributed by atoms with Crippen LogP contribution in [0.15, 0.2) is 72.8 Å². The highest BCUT2D eigenvalue weighted by molar-refractivity contribution is 6.31. The van der Waals surface area contributed by atoms with Crippen LogP contribution >= 0.6 is 11.6 Å². The van der Waals surface area contributed by atoms with Gasteiger partial charge in [-0.25, -0.2) is 4.79 Å². The molecule has 0 bridgehead atoms. The van der Waals surface area contributed by atoms with Crippen LogP contribution in [0, 0.1) is 0 Å². The number of carbonyl (C=O) groups excluding carboxylic acids is 1. The van der Waals surface area contributed by atoms with E-state index in [1.165, 1.54) is 4.90 Å². The molecule has 1 N–H and O–H groups in total. The Bertz CT molecular complexity index is 1110. The van der Waals surface area contributed by atoms with E-state index < -0.39 is 12.0 Å². The van der Waals surface area contributed by atoms with Crippen LogP contribution in [0.1, 0.15) is 34.8 Å². The monoisotopic (exact) mass is 435 g/mol. The molecule has 0 unspecified atom stereocenters. The van der Waals surface area contributed by atoms with Crippen molar-refractivity contribution in [3.05, 3.63) is 88.9 Å². The number of methoxy groups -OCH3 is 1. The first-order chi connectivity index (χ1) is 15.0. The molecular weight excluding hydrogens is 414 g/mol. The van der Waals surface area contributed by atoms with E-state index in [-0.39, 0.29) is 11.9 Å². The molecule has 1 aliphatic rings. The summed E-state index contributed by atoms with van der Waals surface area (Å²) in [6, 6.07) is 20.9. The van der Waals surface area contributed by atoms with Crippen LogP contribution < -0.4 is 4.74 Å². The molecule has 1 saturated heterocycles. The minimum Gasteiger partial charge on any atom is -0.497 e. The number of nitrogens with zero attached hydrogens (tertiary/aromatic N) is 1. The normalized spacial score (nSPS) is 18.1. The third-order valence-corrected chi connectivity index (χ3v) is 6.05. The number of halogens is 1. The molecule has 2 atom stereocenters. The number of rotatable bonds is 5. The first kappa shape index (κ1) is 20.9. The van der Waals surface area contributed by atoms with Gasteiger partial charge in [0.05, 0.1) is 13.2 Å². The Hall–Kier alpha value is -3.31. The summed E-state index contributed by atoms with van der Waals surface area (Å²) in [4.78, 5) is 26.7. The van der Waals surface area contributed by atoms with Crippen molar-refractivity contribution < 1.29 is 19.4 Å². The topological polar surface area (TPSA) is 66.8 Å². The number of carboxylic acid groups (broad SMARTS) is 1. The van der Waals surface area contributed by atoms with Gasteiger partial charge < -0.3 is 14.7 Å². The van der Waals surface area contributed by atoms with Gasteiger partial charge in [-0.1, -0.05) is 54.1 Å². The molecule has 0 aromatic heterocycles. The van der Waals surface area contributed by atoms with Crippen LogP contribution in [0.4, 0.5) is 0 Å². The van der Waals surface area contributed by atoms with Gasteiger partial charge in [-0.2, -0.15) is 0 Å². The molecule has 3 aromatic carbocycles. The zero-order chi connectivity index (χ0) is 22.0. The zero-order valence-corrected chi connectivity index (χ0v) is 17.8. The average molecular weight is 436 g/mol. The predicted molar refractivity (Wildman–Crippen MR) is 119 cm³/mol. The molecule has 0 spiro atoms. The summed E-state index contributed by atoms with van der Waals surface area (Å²) in [5.41, 5.74) is 3.12. The molecule has 1 heterocycles. The Morgan fingerprint density at radius 1 is 0.968 bits per heavy atom. The van der Waals surface area contributed by atoms with Crippen LogP contribution in [0.5, 0.6) is 5.75 Å². The molecule has 0 radical (unpaired) electrons. The fourth-order valence-electron chi connectivity index (χ4n) is 4.14. The summed E-state index contributed by atoms with van der Waals surface area (Å²) in [5, 5.41) is 10.2. The number of aliphatic carboxylic acids is 1. The van der Waals surface area contributed by atoms with Crippen molar-refractivity contribution in [3.63, 3.8) is 0 Å². The number of hydrogen-bond acceptors (Lipinski definition) is 3. The Balaban J connectivity index is 1.65. The minimum atomic E-state index is -1.00. The van der Waals surface area contributed by atoms with Gasteiger partial charge in [-0.15, -0.1) is 0 Å². The Kier molecular flexibility index (Phi) is 5.96. The van der Waals surface area contributed by atoms with Crippen molar-refractivity contribution in [1.82, 2.24) is 4.90 Å². The van der Waals surface area contributed by atoms with E-state index >= 15 is 0 Å². The lowest BCUT2D eigenvalue weighted by Crippen LogP contribution is -2.41. The predicted octanol–water partition coefficient (Wildman–Crippen LogP) is 5.45. The second kappa shape index (κ2) is 8.82. The number of benzene rings is 3. The maximum Gasteiger partial charge on any atom is 0.326 e. The van der Waals surface area contributed by atoms with Crippen LogP contribution in [-0.2, 0) is 4.79 Å². The Labute approximate surface area is 185 Å². The lowest BCUT2D eigenvalue weighted by molar-refractivity contribution is -0.141.